The van der Waals surface area contributed by atoms with Crippen LogP contribution in [0.2, 0.25) is 0 Å². The molecular formula is C29H46O3. The molecule has 0 saturated heterocycles. The van der Waals surface area contributed by atoms with Gasteiger partial charge < -0.3 is 9.84 Å². The molecule has 2 unspecified atom stereocenters. The molecule has 0 aromatic carbocycles. The Labute approximate surface area is 196 Å². The lowest BCUT2D eigenvalue weighted by Gasteiger charge is -2.44. The first-order valence-electron chi connectivity index (χ1n) is 13.0. The molecule has 0 spiro atoms. The number of esters is 1. The van der Waals surface area contributed by atoms with Gasteiger partial charge in [-0.3, -0.25) is 4.79 Å². The van der Waals surface area contributed by atoms with Crippen molar-refractivity contribution in [2.45, 2.75) is 117 Å². The SMILES string of the molecule is C=C1CC[C@H](OC(C)=O)C/C1=C/C=C1\CCC[C@@]2(C)C1CC[C@@H]2C(C)CCCC(C)(C)O. The fourth-order valence-electron chi connectivity index (χ4n) is 6.99. The molecule has 3 aliphatic rings. The number of hydrogen-bond donors (Lipinski definition) is 1. The van der Waals surface area contributed by atoms with Gasteiger partial charge >= 0.3 is 5.97 Å². The second-order valence-electron chi connectivity index (χ2n) is 11.8. The van der Waals surface area contributed by atoms with Gasteiger partial charge in [-0.05, 0) is 94.0 Å². The molecule has 0 amide bonds. The van der Waals surface area contributed by atoms with E-state index in [-0.39, 0.29) is 12.1 Å². The van der Waals surface area contributed by atoms with Crippen molar-refractivity contribution in [2.24, 2.45) is 23.2 Å². The Morgan fingerprint density at radius 2 is 2.03 bits per heavy atom. The number of fused-ring (bicyclic) bond motifs is 1. The summed E-state index contributed by atoms with van der Waals surface area (Å²) in [6.45, 7) is 14.6. The minimum Gasteiger partial charge on any atom is -0.462 e. The third-order valence-corrected chi connectivity index (χ3v) is 8.67. The van der Waals surface area contributed by atoms with Crippen LogP contribution in [-0.2, 0) is 9.53 Å². The predicted octanol–water partition coefficient (Wildman–Crippen LogP) is 7.30. The smallest absolute Gasteiger partial charge is 0.302 e. The highest BCUT2D eigenvalue weighted by Crippen LogP contribution is 2.60. The molecule has 0 heterocycles. The van der Waals surface area contributed by atoms with Crippen LogP contribution in [0, 0.1) is 23.2 Å². The molecule has 3 nitrogen and oxygen atoms in total. The van der Waals surface area contributed by atoms with E-state index in [0.717, 1.165) is 38.0 Å². The van der Waals surface area contributed by atoms with E-state index in [4.69, 9.17) is 4.74 Å². The van der Waals surface area contributed by atoms with E-state index < -0.39 is 5.60 Å². The first-order valence-corrected chi connectivity index (χ1v) is 13.0. The lowest BCUT2D eigenvalue weighted by Crippen LogP contribution is -2.36. The zero-order valence-corrected chi connectivity index (χ0v) is 21.2. The fraction of sp³-hybridized carbons (Fsp3) is 0.759. The monoisotopic (exact) mass is 442 g/mol. The van der Waals surface area contributed by atoms with Gasteiger partial charge in [-0.15, -0.1) is 0 Å². The van der Waals surface area contributed by atoms with E-state index in [1.54, 1.807) is 5.57 Å². The fourth-order valence-corrected chi connectivity index (χ4v) is 6.99. The average Bonchev–Trinajstić information content (AvgIpc) is 3.04. The van der Waals surface area contributed by atoms with Crippen LogP contribution in [0.3, 0.4) is 0 Å². The number of ether oxygens (including phenoxy) is 1. The summed E-state index contributed by atoms with van der Waals surface area (Å²) in [5, 5.41) is 10.1. The molecular weight excluding hydrogens is 396 g/mol. The molecule has 3 rings (SSSR count). The Kier molecular flexibility index (Phi) is 8.12. The van der Waals surface area contributed by atoms with Crippen LogP contribution in [-0.4, -0.2) is 22.8 Å². The van der Waals surface area contributed by atoms with Crippen molar-refractivity contribution in [1.29, 1.82) is 0 Å². The van der Waals surface area contributed by atoms with Crippen molar-refractivity contribution in [3.8, 4) is 0 Å². The summed E-state index contributed by atoms with van der Waals surface area (Å²) >= 11 is 0. The van der Waals surface area contributed by atoms with Gasteiger partial charge in [-0.2, -0.15) is 0 Å². The van der Waals surface area contributed by atoms with E-state index in [2.05, 4.69) is 32.6 Å². The predicted molar refractivity (Wildman–Crippen MR) is 132 cm³/mol. The Balaban J connectivity index is 1.68. The highest BCUT2D eigenvalue weighted by molar-refractivity contribution is 5.66. The van der Waals surface area contributed by atoms with Crippen LogP contribution in [0.1, 0.15) is 105 Å². The molecule has 3 saturated carbocycles. The summed E-state index contributed by atoms with van der Waals surface area (Å²) in [5.41, 5.74) is 3.94. The summed E-state index contributed by atoms with van der Waals surface area (Å²) in [4.78, 5) is 11.4. The van der Waals surface area contributed by atoms with Crippen molar-refractivity contribution in [3.05, 3.63) is 35.5 Å². The number of aliphatic hydroxyl groups is 1. The highest BCUT2D eigenvalue weighted by atomic mass is 16.5. The topological polar surface area (TPSA) is 46.5 Å². The Morgan fingerprint density at radius 1 is 1.28 bits per heavy atom. The van der Waals surface area contributed by atoms with E-state index in [1.165, 1.54) is 56.6 Å². The second kappa shape index (κ2) is 10.3. The first-order chi connectivity index (χ1) is 15.0. The third kappa shape index (κ3) is 6.16. The summed E-state index contributed by atoms with van der Waals surface area (Å²) < 4.78 is 5.48. The van der Waals surface area contributed by atoms with Crippen LogP contribution < -0.4 is 0 Å². The highest BCUT2D eigenvalue weighted by Gasteiger charge is 2.50. The van der Waals surface area contributed by atoms with Crippen LogP contribution in [0.4, 0.5) is 0 Å². The molecule has 32 heavy (non-hydrogen) atoms. The Hall–Kier alpha value is -1.35. The summed E-state index contributed by atoms with van der Waals surface area (Å²) in [7, 11) is 0. The van der Waals surface area contributed by atoms with Crippen LogP contribution in [0.15, 0.2) is 35.5 Å². The van der Waals surface area contributed by atoms with Gasteiger partial charge in [-0.1, -0.05) is 56.6 Å². The maximum absolute atomic E-state index is 11.4. The number of carbonyl (C=O) groups excluding carboxylic acids is 1. The van der Waals surface area contributed by atoms with Crippen LogP contribution in [0.25, 0.3) is 0 Å². The van der Waals surface area contributed by atoms with E-state index in [1.807, 2.05) is 13.8 Å². The van der Waals surface area contributed by atoms with Gasteiger partial charge in [0, 0.05) is 13.3 Å². The molecule has 5 atom stereocenters. The molecule has 0 bridgehead atoms. The van der Waals surface area contributed by atoms with Crippen molar-refractivity contribution < 1.29 is 14.6 Å². The molecule has 0 aromatic rings. The molecule has 3 fully saturated rings. The van der Waals surface area contributed by atoms with Gasteiger partial charge in [0.2, 0.25) is 0 Å². The number of allylic oxidation sites excluding steroid dienone is 4. The average molecular weight is 443 g/mol. The van der Waals surface area contributed by atoms with Gasteiger partial charge in [0.1, 0.15) is 6.10 Å². The summed E-state index contributed by atoms with van der Waals surface area (Å²) in [6, 6.07) is 0. The normalized spacial score (nSPS) is 34.6. The van der Waals surface area contributed by atoms with E-state index >= 15 is 0 Å². The van der Waals surface area contributed by atoms with Crippen LogP contribution >= 0.6 is 0 Å². The Morgan fingerprint density at radius 3 is 2.72 bits per heavy atom. The zero-order chi connectivity index (χ0) is 23.5. The molecule has 180 valence electrons. The second-order valence-corrected chi connectivity index (χ2v) is 11.8. The lowest BCUT2D eigenvalue weighted by molar-refractivity contribution is -0.146. The lowest BCUT2D eigenvalue weighted by atomic mass is 9.60. The largest absolute Gasteiger partial charge is 0.462 e. The molecule has 3 heteroatoms. The van der Waals surface area contributed by atoms with Crippen molar-refractivity contribution >= 4 is 5.97 Å². The molecule has 0 aromatic heterocycles. The van der Waals surface area contributed by atoms with Crippen molar-refractivity contribution in [3.63, 3.8) is 0 Å². The molecule has 1 N–H and O–H groups in total. The number of carbonyl (C=O) groups is 1. The minimum atomic E-state index is -0.548. The molecule has 0 aliphatic heterocycles. The maximum Gasteiger partial charge on any atom is 0.302 e. The molecule has 0 radical (unpaired) electrons. The number of rotatable bonds is 7. The van der Waals surface area contributed by atoms with Crippen LogP contribution in [0.5, 0.6) is 0 Å². The summed E-state index contributed by atoms with van der Waals surface area (Å²) in [6.07, 6.45) is 17.0. The van der Waals surface area contributed by atoms with Crippen molar-refractivity contribution in [2.75, 3.05) is 0 Å². The van der Waals surface area contributed by atoms with Gasteiger partial charge in [0.05, 0.1) is 5.60 Å². The maximum atomic E-state index is 11.4. The third-order valence-electron chi connectivity index (χ3n) is 8.67. The summed E-state index contributed by atoms with van der Waals surface area (Å²) in [5.74, 6) is 2.00. The van der Waals surface area contributed by atoms with E-state index in [0.29, 0.717) is 17.3 Å². The van der Waals surface area contributed by atoms with Crippen molar-refractivity contribution in [1.82, 2.24) is 0 Å². The van der Waals surface area contributed by atoms with Gasteiger partial charge in [0.25, 0.3) is 0 Å². The first kappa shape index (κ1) is 25.3. The molecule has 3 aliphatic carbocycles. The standard InChI is InChI=1S/C29H46O3/c1-20-11-14-25(32-22(3)30)19-24(20)13-12-23-10-8-18-29(6)26(15-16-27(23)29)21(2)9-7-17-28(4,5)31/h12-13,21,25-27,31H,1,7-11,14-19H2,2-6H3/b23-12+,24-13-/t21?,25-,26+,27?,29+/m0/s1. The Bertz CT molecular complexity index is 753. The zero-order valence-electron chi connectivity index (χ0n) is 21.2. The minimum absolute atomic E-state index is 0.000111. The quantitative estimate of drug-likeness (QED) is 0.421. The van der Waals surface area contributed by atoms with Gasteiger partial charge in [0.15, 0.2) is 0 Å². The number of hydrogen-bond acceptors (Lipinski definition) is 3. The van der Waals surface area contributed by atoms with Gasteiger partial charge in [-0.25, -0.2) is 0 Å². The van der Waals surface area contributed by atoms with E-state index in [9.17, 15) is 9.90 Å².